The molecule has 0 bridgehead atoms. The molecule has 3 rings (SSSR count). The van der Waals surface area contributed by atoms with Gasteiger partial charge < -0.3 is 0 Å². The summed E-state index contributed by atoms with van der Waals surface area (Å²) in [6, 6.07) is 10.5. The Kier molecular flexibility index (Phi) is 5.38. The summed E-state index contributed by atoms with van der Waals surface area (Å²) in [4.78, 5) is 1.22. The number of halogens is 3. The average Bonchev–Trinajstić information content (AvgIpc) is 2.57. The second-order valence-corrected chi connectivity index (χ2v) is 8.17. The summed E-state index contributed by atoms with van der Waals surface area (Å²) in [5, 5.41) is 0.659. The van der Waals surface area contributed by atoms with E-state index in [1.807, 2.05) is 12.1 Å². The van der Waals surface area contributed by atoms with E-state index in [1.165, 1.54) is 0 Å². The van der Waals surface area contributed by atoms with Crippen molar-refractivity contribution in [2.75, 3.05) is 26.2 Å². The van der Waals surface area contributed by atoms with Gasteiger partial charge in [-0.15, -0.1) is 0 Å². The van der Waals surface area contributed by atoms with Crippen LogP contribution in [0.3, 0.4) is 0 Å². The molecule has 0 amide bonds. The fourth-order valence-electron chi connectivity index (χ4n) is 2.83. The molecule has 2 aromatic carbocycles. The van der Waals surface area contributed by atoms with Crippen LogP contribution in [0, 0.1) is 11.6 Å². The molecule has 0 unspecified atom stereocenters. The predicted octanol–water partition coefficient (Wildman–Crippen LogP) is 3.12. The van der Waals surface area contributed by atoms with Crippen LogP contribution in [-0.2, 0) is 16.6 Å². The summed E-state index contributed by atoms with van der Waals surface area (Å²) in [5.74, 6) is -2.13. The van der Waals surface area contributed by atoms with Crippen LogP contribution in [0.5, 0.6) is 0 Å². The lowest BCUT2D eigenvalue weighted by Crippen LogP contribution is -2.48. The van der Waals surface area contributed by atoms with Gasteiger partial charge in [0.25, 0.3) is 0 Å². The molecule has 0 radical (unpaired) electrons. The van der Waals surface area contributed by atoms with Gasteiger partial charge in [0.15, 0.2) is 4.90 Å². The first-order valence-corrected chi connectivity index (χ1v) is 9.61. The summed E-state index contributed by atoms with van der Waals surface area (Å²) in [6.45, 7) is 2.00. The van der Waals surface area contributed by atoms with Crippen LogP contribution in [0.15, 0.2) is 47.4 Å². The molecule has 0 spiro atoms. The van der Waals surface area contributed by atoms with Crippen molar-refractivity contribution in [3.63, 3.8) is 0 Å². The summed E-state index contributed by atoms with van der Waals surface area (Å²) in [6.07, 6.45) is 0. The number of sulfonamides is 1. The largest absolute Gasteiger partial charge is 0.296 e. The number of nitrogens with zero attached hydrogens (tertiary/aromatic N) is 2. The first kappa shape index (κ1) is 18.3. The van der Waals surface area contributed by atoms with E-state index >= 15 is 0 Å². The van der Waals surface area contributed by atoms with Crippen molar-refractivity contribution in [2.24, 2.45) is 0 Å². The van der Waals surface area contributed by atoms with Gasteiger partial charge in [-0.05, 0) is 29.8 Å². The maximum Gasteiger partial charge on any atom is 0.249 e. The highest BCUT2D eigenvalue weighted by Crippen LogP contribution is 2.24. The first-order valence-electron chi connectivity index (χ1n) is 7.79. The highest BCUT2D eigenvalue weighted by atomic mass is 35.5. The van der Waals surface area contributed by atoms with Crippen LogP contribution in [0.1, 0.15) is 5.56 Å². The molecular weight excluding hydrogens is 370 g/mol. The highest BCUT2D eigenvalue weighted by Gasteiger charge is 2.32. The van der Waals surface area contributed by atoms with Crippen LogP contribution < -0.4 is 0 Å². The van der Waals surface area contributed by atoms with Gasteiger partial charge in [-0.2, -0.15) is 4.31 Å². The molecule has 1 saturated heterocycles. The van der Waals surface area contributed by atoms with Crippen LogP contribution >= 0.6 is 11.6 Å². The van der Waals surface area contributed by atoms with Gasteiger partial charge in [-0.3, -0.25) is 4.90 Å². The molecule has 134 valence electrons. The van der Waals surface area contributed by atoms with Gasteiger partial charge in [0.1, 0.15) is 11.6 Å². The molecular formula is C17H17ClF2N2O2S. The molecule has 0 N–H and O–H groups in total. The minimum absolute atomic E-state index is 0.184. The number of hydrogen-bond donors (Lipinski definition) is 0. The van der Waals surface area contributed by atoms with Crippen molar-refractivity contribution in [3.8, 4) is 0 Å². The summed E-state index contributed by atoms with van der Waals surface area (Å²) >= 11 is 5.86. The number of benzene rings is 2. The zero-order valence-corrected chi connectivity index (χ0v) is 14.9. The Morgan fingerprint density at radius 2 is 1.48 bits per heavy atom. The monoisotopic (exact) mass is 386 g/mol. The minimum Gasteiger partial charge on any atom is -0.296 e. The zero-order valence-electron chi connectivity index (χ0n) is 13.3. The second-order valence-electron chi connectivity index (χ2n) is 5.86. The second kappa shape index (κ2) is 7.37. The molecule has 4 nitrogen and oxygen atoms in total. The molecule has 8 heteroatoms. The Bertz CT molecular complexity index is 831. The van der Waals surface area contributed by atoms with Crippen molar-refractivity contribution in [3.05, 3.63) is 64.7 Å². The Morgan fingerprint density at radius 1 is 0.920 bits per heavy atom. The van der Waals surface area contributed by atoms with E-state index in [0.717, 1.165) is 28.1 Å². The van der Waals surface area contributed by atoms with Crippen molar-refractivity contribution in [1.29, 1.82) is 0 Å². The lowest BCUT2D eigenvalue weighted by atomic mass is 10.2. The summed E-state index contributed by atoms with van der Waals surface area (Å²) in [7, 11) is -4.19. The molecule has 1 aliphatic rings. The van der Waals surface area contributed by atoms with E-state index in [2.05, 4.69) is 4.90 Å². The third kappa shape index (κ3) is 4.00. The normalized spacial score (nSPS) is 16.9. The van der Waals surface area contributed by atoms with Gasteiger partial charge in [-0.25, -0.2) is 17.2 Å². The SMILES string of the molecule is O=S(=O)(c1c(F)cccc1F)N1CCN(Cc2ccc(Cl)cc2)CC1. The van der Waals surface area contributed by atoms with Crippen molar-refractivity contribution in [2.45, 2.75) is 11.4 Å². The van der Waals surface area contributed by atoms with E-state index in [4.69, 9.17) is 11.6 Å². The standard InChI is InChI=1S/C17H17ClF2N2O2S/c18-14-6-4-13(5-7-14)12-21-8-10-22(11-9-21)25(23,24)17-15(19)2-1-3-16(17)20/h1-7H,8-12H2. The number of hydrogen-bond acceptors (Lipinski definition) is 3. The molecule has 1 fully saturated rings. The molecule has 1 heterocycles. The molecule has 0 aliphatic carbocycles. The summed E-state index contributed by atoms with van der Waals surface area (Å²) in [5.41, 5.74) is 1.07. The lowest BCUT2D eigenvalue weighted by Gasteiger charge is -2.34. The van der Waals surface area contributed by atoms with E-state index in [1.54, 1.807) is 12.1 Å². The Morgan fingerprint density at radius 3 is 2.04 bits per heavy atom. The molecule has 25 heavy (non-hydrogen) atoms. The third-order valence-electron chi connectivity index (χ3n) is 4.17. The maximum atomic E-state index is 13.8. The van der Waals surface area contributed by atoms with Crippen molar-refractivity contribution in [1.82, 2.24) is 9.21 Å². The molecule has 0 aromatic heterocycles. The predicted molar refractivity (Wildman–Crippen MR) is 91.8 cm³/mol. The van der Waals surface area contributed by atoms with Crippen LogP contribution in [0.25, 0.3) is 0 Å². The van der Waals surface area contributed by atoms with Gasteiger partial charge in [0, 0.05) is 37.7 Å². The first-order chi connectivity index (χ1) is 11.9. The average molecular weight is 387 g/mol. The van der Waals surface area contributed by atoms with Crippen LogP contribution in [0.4, 0.5) is 8.78 Å². The van der Waals surface area contributed by atoms with Crippen LogP contribution in [0.2, 0.25) is 5.02 Å². The Balaban J connectivity index is 1.68. The fourth-order valence-corrected chi connectivity index (χ4v) is 4.49. The van der Waals surface area contributed by atoms with Crippen molar-refractivity contribution < 1.29 is 17.2 Å². The van der Waals surface area contributed by atoms with E-state index in [0.29, 0.717) is 24.7 Å². The van der Waals surface area contributed by atoms with Gasteiger partial charge in [0.05, 0.1) is 0 Å². The quantitative estimate of drug-likeness (QED) is 0.810. The smallest absolute Gasteiger partial charge is 0.249 e. The van der Waals surface area contributed by atoms with Gasteiger partial charge >= 0.3 is 0 Å². The molecule has 2 aromatic rings. The Hall–Kier alpha value is -1.54. The molecule has 1 aliphatic heterocycles. The van der Waals surface area contributed by atoms with Crippen molar-refractivity contribution >= 4 is 21.6 Å². The molecule has 0 saturated carbocycles. The Labute approximate surface area is 150 Å². The highest BCUT2D eigenvalue weighted by molar-refractivity contribution is 7.89. The van der Waals surface area contributed by atoms with Crippen LogP contribution in [-0.4, -0.2) is 43.8 Å². The van der Waals surface area contributed by atoms with Gasteiger partial charge in [-0.1, -0.05) is 29.8 Å². The van der Waals surface area contributed by atoms with E-state index in [9.17, 15) is 17.2 Å². The van der Waals surface area contributed by atoms with Gasteiger partial charge in [0.2, 0.25) is 10.0 Å². The topological polar surface area (TPSA) is 40.6 Å². The van der Waals surface area contributed by atoms with E-state index in [-0.39, 0.29) is 13.1 Å². The maximum absolute atomic E-state index is 13.8. The minimum atomic E-state index is -4.19. The third-order valence-corrected chi connectivity index (χ3v) is 6.37. The summed E-state index contributed by atoms with van der Waals surface area (Å²) < 4.78 is 53.9. The zero-order chi connectivity index (χ0) is 18.0. The number of rotatable bonds is 4. The van der Waals surface area contributed by atoms with E-state index < -0.39 is 26.6 Å². The fraction of sp³-hybridized carbons (Fsp3) is 0.294. The molecule has 0 atom stereocenters. The number of piperazine rings is 1. The lowest BCUT2D eigenvalue weighted by molar-refractivity contribution is 0.181.